The van der Waals surface area contributed by atoms with Crippen LogP contribution in [0.4, 0.5) is 0 Å². The van der Waals surface area contributed by atoms with Crippen LogP contribution in [0.3, 0.4) is 0 Å². The van der Waals surface area contributed by atoms with Gasteiger partial charge in [-0.3, -0.25) is 0 Å². The average molecular weight is 311 g/mol. The number of halogens is 1. The Kier molecular flexibility index (Phi) is 6.34. The van der Waals surface area contributed by atoms with Gasteiger partial charge in [0.05, 0.1) is 0 Å². The summed E-state index contributed by atoms with van der Waals surface area (Å²) >= 11 is 3.83. The molecule has 0 amide bonds. The molecule has 0 nitrogen and oxygen atoms in total. The molecule has 0 spiro atoms. The van der Waals surface area contributed by atoms with Crippen LogP contribution in [-0.2, 0) is 0 Å². The van der Waals surface area contributed by atoms with Crippen LogP contribution < -0.4 is 0 Å². The molecule has 0 radical (unpaired) electrons. The first-order chi connectivity index (χ1) is 8.81. The molecular weight excluding hydrogens is 283 g/mol. The fourth-order valence-corrected chi connectivity index (χ4v) is 4.60. The first-order valence-electron chi connectivity index (χ1n) is 8.17. The van der Waals surface area contributed by atoms with E-state index in [-0.39, 0.29) is 0 Å². The quantitative estimate of drug-likeness (QED) is 0.394. The summed E-state index contributed by atoms with van der Waals surface area (Å²) in [5.74, 6) is 4.64. The summed E-state index contributed by atoms with van der Waals surface area (Å²) in [6.07, 6.45) is 15.7. The summed E-state index contributed by atoms with van der Waals surface area (Å²) in [4.78, 5) is 0. The zero-order chi connectivity index (χ0) is 12.8. The van der Waals surface area contributed by atoms with Gasteiger partial charge in [-0.2, -0.15) is 0 Å². The summed E-state index contributed by atoms with van der Waals surface area (Å²) < 4.78 is 1.50. The molecule has 2 fully saturated rings. The van der Waals surface area contributed by atoms with Crippen molar-refractivity contribution >= 4 is 22.6 Å². The van der Waals surface area contributed by atoms with E-state index in [1.807, 2.05) is 0 Å². The van der Waals surface area contributed by atoms with Gasteiger partial charge in [-0.25, -0.2) is 0 Å². The second-order valence-electron chi connectivity index (χ2n) is 6.38. The minimum atomic E-state index is 0.910. The Hall–Kier alpha value is 0.285. The Labute approximate surface area is 122 Å². The number of rotatable bonds is 6. The molecule has 2 heteroatoms. The first-order valence-corrected chi connectivity index (χ1v) is 8.96. The van der Waals surface area contributed by atoms with Crippen molar-refractivity contribution in [2.45, 2.75) is 89.2 Å². The highest BCUT2D eigenvalue weighted by atomic mass is 79.9. The van der Waals surface area contributed by atoms with Gasteiger partial charge in [-0.1, -0.05) is 92.3 Å². The number of hydrogen-bond donors (Lipinski definition) is 0. The predicted molar refractivity (Wildman–Crippen MR) is 86.7 cm³/mol. The van der Waals surface area contributed by atoms with Gasteiger partial charge in [0.2, 0.25) is 0 Å². The van der Waals surface area contributed by atoms with Crippen molar-refractivity contribution in [1.29, 1.82) is 0 Å². The lowest BCUT2D eigenvalue weighted by molar-refractivity contribution is 0.447. The molecule has 0 aliphatic carbocycles. The van der Waals surface area contributed by atoms with Crippen molar-refractivity contribution < 1.29 is 0 Å². The lowest BCUT2D eigenvalue weighted by Gasteiger charge is -2.39. The summed E-state index contributed by atoms with van der Waals surface area (Å²) in [7, 11) is 0. The van der Waals surface area contributed by atoms with Gasteiger partial charge in [0.1, 0.15) is 0 Å². The van der Waals surface area contributed by atoms with E-state index < -0.39 is 0 Å². The standard InChI is InChI=1S/C16H28BBr/c1-2-3-4-5-12-16(18)13-17-14-8-6-9-15(17)11-7-10-14/h13-15H,2-12H2,1H3/b16-13-. The maximum absolute atomic E-state index is 3.83. The SMILES string of the molecule is CCCCCC/C(Br)=C/B1C2CCCC1CCC2. The predicted octanol–water partition coefficient (Wildman–Crippen LogP) is 6.38. The summed E-state index contributed by atoms with van der Waals surface area (Å²) in [5.41, 5.74) is 0. The summed E-state index contributed by atoms with van der Waals surface area (Å²) in [6.45, 7) is 3.20. The minimum absolute atomic E-state index is 0.910. The van der Waals surface area contributed by atoms with E-state index >= 15 is 0 Å². The second-order valence-corrected chi connectivity index (χ2v) is 7.40. The Morgan fingerprint density at radius 2 is 1.67 bits per heavy atom. The molecule has 0 aromatic carbocycles. The fourth-order valence-electron chi connectivity index (χ4n) is 4.01. The zero-order valence-corrected chi connectivity index (χ0v) is 13.6. The molecule has 0 saturated carbocycles. The third kappa shape index (κ3) is 4.15. The van der Waals surface area contributed by atoms with Gasteiger partial charge in [0.25, 0.3) is 0 Å². The fraction of sp³-hybridized carbons (Fsp3) is 0.875. The van der Waals surface area contributed by atoms with E-state index in [1.54, 1.807) is 0 Å². The molecule has 0 aromatic rings. The lowest BCUT2D eigenvalue weighted by atomic mass is 9.27. The molecule has 2 bridgehead atoms. The van der Waals surface area contributed by atoms with Crippen LogP contribution in [0.25, 0.3) is 0 Å². The van der Waals surface area contributed by atoms with E-state index in [4.69, 9.17) is 0 Å². The molecule has 2 saturated heterocycles. The number of unbranched alkanes of at least 4 members (excludes halogenated alkanes) is 3. The van der Waals surface area contributed by atoms with Crippen molar-refractivity contribution in [3.05, 3.63) is 10.5 Å². The maximum Gasteiger partial charge on any atom is 0.173 e. The molecule has 2 aliphatic rings. The maximum atomic E-state index is 3.83. The normalized spacial score (nSPS) is 28.6. The van der Waals surface area contributed by atoms with Crippen molar-refractivity contribution in [3.63, 3.8) is 0 Å². The highest BCUT2D eigenvalue weighted by molar-refractivity contribution is 9.11. The van der Waals surface area contributed by atoms with E-state index in [2.05, 4.69) is 28.8 Å². The monoisotopic (exact) mass is 310 g/mol. The van der Waals surface area contributed by atoms with Gasteiger partial charge in [-0.05, 0) is 17.3 Å². The molecule has 0 aromatic heterocycles. The van der Waals surface area contributed by atoms with Gasteiger partial charge in [0.15, 0.2) is 6.71 Å². The van der Waals surface area contributed by atoms with Crippen molar-refractivity contribution in [1.82, 2.24) is 0 Å². The van der Waals surface area contributed by atoms with Crippen LogP contribution in [0.5, 0.6) is 0 Å². The highest BCUT2D eigenvalue weighted by Crippen LogP contribution is 2.47. The zero-order valence-electron chi connectivity index (χ0n) is 12.0. The molecular formula is C16H28BBr. The average Bonchev–Trinajstić information content (AvgIpc) is 2.34. The lowest BCUT2D eigenvalue weighted by Crippen LogP contribution is -2.33. The van der Waals surface area contributed by atoms with Crippen molar-refractivity contribution in [3.8, 4) is 0 Å². The van der Waals surface area contributed by atoms with Gasteiger partial charge in [-0.15, -0.1) is 5.98 Å². The third-order valence-electron chi connectivity index (χ3n) is 5.03. The van der Waals surface area contributed by atoms with Gasteiger partial charge in [0, 0.05) is 0 Å². The molecule has 2 aliphatic heterocycles. The Morgan fingerprint density at radius 3 is 2.22 bits per heavy atom. The number of hydrogen-bond acceptors (Lipinski definition) is 0. The van der Waals surface area contributed by atoms with Crippen LogP contribution in [0.15, 0.2) is 10.5 Å². The van der Waals surface area contributed by atoms with Crippen LogP contribution >= 0.6 is 15.9 Å². The van der Waals surface area contributed by atoms with Crippen LogP contribution in [0, 0.1) is 0 Å². The molecule has 0 unspecified atom stereocenters. The van der Waals surface area contributed by atoms with E-state index in [0.29, 0.717) is 0 Å². The molecule has 2 heterocycles. The molecule has 102 valence electrons. The third-order valence-corrected chi connectivity index (χ3v) is 5.69. The topological polar surface area (TPSA) is 0 Å². The number of allylic oxidation sites excluding steroid dienone is 1. The summed E-state index contributed by atoms with van der Waals surface area (Å²) in [5, 5.41) is 0. The Morgan fingerprint density at radius 1 is 1.06 bits per heavy atom. The highest BCUT2D eigenvalue weighted by Gasteiger charge is 2.37. The Balaban J connectivity index is 1.82. The minimum Gasteiger partial charge on any atom is -0.105 e. The van der Waals surface area contributed by atoms with Crippen LogP contribution in [-0.4, -0.2) is 6.71 Å². The van der Waals surface area contributed by atoms with Gasteiger partial charge < -0.3 is 0 Å². The second kappa shape index (κ2) is 7.77. The molecule has 0 atom stereocenters. The largest absolute Gasteiger partial charge is 0.173 e. The van der Waals surface area contributed by atoms with Crippen molar-refractivity contribution in [2.24, 2.45) is 0 Å². The molecule has 0 N–H and O–H groups in total. The molecule has 18 heavy (non-hydrogen) atoms. The summed E-state index contributed by atoms with van der Waals surface area (Å²) in [6, 6.07) is 0. The van der Waals surface area contributed by atoms with Crippen LogP contribution in [0.1, 0.15) is 77.6 Å². The first kappa shape index (κ1) is 14.7. The van der Waals surface area contributed by atoms with Crippen LogP contribution in [0.2, 0.25) is 11.6 Å². The van der Waals surface area contributed by atoms with E-state index in [9.17, 15) is 0 Å². The van der Waals surface area contributed by atoms with E-state index in [1.165, 1.54) is 75.1 Å². The van der Waals surface area contributed by atoms with Crippen molar-refractivity contribution in [2.75, 3.05) is 0 Å². The molecule has 2 rings (SSSR count). The number of fused-ring (bicyclic) bond motifs is 2. The Bertz CT molecular complexity index is 252. The smallest absolute Gasteiger partial charge is 0.105 e. The van der Waals surface area contributed by atoms with E-state index in [0.717, 1.165) is 18.3 Å². The van der Waals surface area contributed by atoms with Gasteiger partial charge >= 0.3 is 0 Å².